The summed E-state index contributed by atoms with van der Waals surface area (Å²) in [6.45, 7) is 10.1. The van der Waals surface area contributed by atoms with Gasteiger partial charge < -0.3 is 15.0 Å². The molecule has 0 aromatic carbocycles. The molecule has 0 spiro atoms. The Bertz CT molecular complexity index is 285. The van der Waals surface area contributed by atoms with Crippen molar-refractivity contribution >= 4 is 6.09 Å². The van der Waals surface area contributed by atoms with Crippen LogP contribution in [0.15, 0.2) is 0 Å². The van der Waals surface area contributed by atoms with E-state index in [4.69, 9.17) is 4.74 Å². The van der Waals surface area contributed by atoms with Crippen molar-refractivity contribution in [2.24, 2.45) is 0 Å². The lowest BCUT2D eigenvalue weighted by atomic mass is 9.89. The Morgan fingerprint density at radius 1 is 1.21 bits per heavy atom. The highest BCUT2D eigenvalue weighted by Gasteiger charge is 2.38. The highest BCUT2D eigenvalue weighted by molar-refractivity contribution is 5.69. The van der Waals surface area contributed by atoms with E-state index in [2.05, 4.69) is 19.2 Å². The third-order valence-electron chi connectivity index (χ3n) is 3.86. The Morgan fingerprint density at radius 3 is 2.00 bits per heavy atom. The van der Waals surface area contributed by atoms with Gasteiger partial charge in [0.25, 0.3) is 0 Å². The van der Waals surface area contributed by atoms with Crippen molar-refractivity contribution in [3.05, 3.63) is 0 Å². The largest absolute Gasteiger partial charge is 0.444 e. The number of hydrogen-bond acceptors (Lipinski definition) is 3. The second-order valence-electron chi connectivity index (χ2n) is 6.47. The molecule has 0 aliphatic carbocycles. The zero-order valence-corrected chi connectivity index (χ0v) is 13.3. The van der Waals surface area contributed by atoms with Gasteiger partial charge in [0.2, 0.25) is 0 Å². The summed E-state index contributed by atoms with van der Waals surface area (Å²) < 4.78 is 5.58. The van der Waals surface area contributed by atoms with Crippen molar-refractivity contribution in [3.8, 4) is 0 Å². The monoisotopic (exact) mass is 270 g/mol. The second-order valence-corrected chi connectivity index (χ2v) is 6.47. The van der Waals surface area contributed by atoms with Gasteiger partial charge >= 0.3 is 6.09 Å². The molecular weight excluding hydrogens is 240 g/mol. The third-order valence-corrected chi connectivity index (χ3v) is 3.86. The average Bonchev–Trinajstić information content (AvgIpc) is 2.34. The van der Waals surface area contributed by atoms with Crippen LogP contribution in [0.3, 0.4) is 0 Å². The lowest BCUT2D eigenvalue weighted by molar-refractivity contribution is -0.0107. The molecule has 4 heteroatoms. The molecule has 1 fully saturated rings. The maximum absolute atomic E-state index is 12.4. The number of likely N-dealkylation sites (tertiary alicyclic amines) is 1. The summed E-state index contributed by atoms with van der Waals surface area (Å²) >= 11 is 0. The summed E-state index contributed by atoms with van der Waals surface area (Å²) in [6, 6.07) is 1.07. The van der Waals surface area contributed by atoms with Gasteiger partial charge in [-0.2, -0.15) is 0 Å². The van der Waals surface area contributed by atoms with Crippen molar-refractivity contribution in [2.75, 3.05) is 7.05 Å². The Kier molecular flexibility index (Phi) is 5.65. The SMILES string of the molecule is CC[C@@H]1C[C@@H](NC)C[C@H](CC)N1C(=O)OC(C)(C)C. The van der Waals surface area contributed by atoms with E-state index in [1.165, 1.54) is 0 Å². The van der Waals surface area contributed by atoms with Crippen LogP contribution in [0.5, 0.6) is 0 Å². The fourth-order valence-electron chi connectivity index (χ4n) is 2.85. The normalized spacial score (nSPS) is 28.3. The van der Waals surface area contributed by atoms with Crippen molar-refractivity contribution in [2.45, 2.75) is 84.0 Å². The van der Waals surface area contributed by atoms with Gasteiger partial charge in [0.05, 0.1) is 0 Å². The minimum atomic E-state index is -0.423. The number of piperidine rings is 1. The quantitative estimate of drug-likeness (QED) is 0.856. The first-order valence-electron chi connectivity index (χ1n) is 7.50. The minimum absolute atomic E-state index is 0.152. The molecule has 1 heterocycles. The van der Waals surface area contributed by atoms with Gasteiger partial charge in [-0.1, -0.05) is 13.8 Å². The van der Waals surface area contributed by atoms with Gasteiger partial charge in [-0.15, -0.1) is 0 Å². The summed E-state index contributed by atoms with van der Waals surface area (Å²) in [5.74, 6) is 0. The number of nitrogens with one attached hydrogen (secondary N) is 1. The molecule has 1 aliphatic heterocycles. The zero-order valence-electron chi connectivity index (χ0n) is 13.3. The molecular formula is C15H30N2O2. The number of carbonyl (C=O) groups excluding carboxylic acids is 1. The van der Waals surface area contributed by atoms with Crippen LogP contribution in [0.1, 0.15) is 60.3 Å². The van der Waals surface area contributed by atoms with E-state index < -0.39 is 5.60 Å². The molecule has 3 atom stereocenters. The van der Waals surface area contributed by atoms with E-state index in [1.54, 1.807) is 0 Å². The molecule has 1 aliphatic rings. The number of rotatable bonds is 3. The highest BCUT2D eigenvalue weighted by Crippen LogP contribution is 2.28. The summed E-state index contributed by atoms with van der Waals surface area (Å²) in [5, 5.41) is 3.36. The van der Waals surface area contributed by atoms with Gasteiger partial charge in [-0.3, -0.25) is 0 Å². The number of amides is 1. The zero-order chi connectivity index (χ0) is 14.6. The van der Waals surface area contributed by atoms with E-state index in [0.29, 0.717) is 6.04 Å². The highest BCUT2D eigenvalue weighted by atomic mass is 16.6. The molecule has 0 aromatic heterocycles. The molecule has 0 bridgehead atoms. The third kappa shape index (κ3) is 4.37. The second kappa shape index (κ2) is 6.60. The van der Waals surface area contributed by atoms with Crippen molar-refractivity contribution in [1.29, 1.82) is 0 Å². The van der Waals surface area contributed by atoms with Gasteiger partial charge in [-0.25, -0.2) is 4.79 Å². The molecule has 1 N–H and O–H groups in total. The fraction of sp³-hybridized carbons (Fsp3) is 0.933. The number of hydrogen-bond donors (Lipinski definition) is 1. The predicted octanol–water partition coefficient (Wildman–Crippen LogP) is 3.16. The lowest BCUT2D eigenvalue weighted by Crippen LogP contribution is -2.56. The molecule has 1 saturated heterocycles. The van der Waals surface area contributed by atoms with Crippen LogP contribution in [0.2, 0.25) is 0 Å². The van der Waals surface area contributed by atoms with Crippen LogP contribution >= 0.6 is 0 Å². The van der Waals surface area contributed by atoms with Gasteiger partial charge in [-0.05, 0) is 53.5 Å². The Morgan fingerprint density at radius 2 is 1.68 bits per heavy atom. The van der Waals surface area contributed by atoms with Gasteiger partial charge in [0.15, 0.2) is 0 Å². The Labute approximate surface area is 117 Å². The van der Waals surface area contributed by atoms with Crippen LogP contribution in [0.25, 0.3) is 0 Å². The Hall–Kier alpha value is -0.770. The fourth-order valence-corrected chi connectivity index (χ4v) is 2.85. The van der Waals surface area contributed by atoms with Crippen molar-refractivity contribution < 1.29 is 9.53 Å². The molecule has 1 rings (SSSR count). The molecule has 112 valence electrons. The first-order chi connectivity index (χ1) is 8.82. The van der Waals surface area contributed by atoms with E-state index >= 15 is 0 Å². The summed E-state index contributed by atoms with van der Waals surface area (Å²) in [7, 11) is 2.01. The maximum Gasteiger partial charge on any atom is 0.410 e. The Balaban J connectivity index is 2.84. The summed E-state index contributed by atoms with van der Waals surface area (Å²) in [5.41, 5.74) is -0.423. The van der Waals surface area contributed by atoms with E-state index in [-0.39, 0.29) is 18.2 Å². The first kappa shape index (κ1) is 16.3. The average molecular weight is 270 g/mol. The molecule has 1 amide bonds. The number of nitrogens with zero attached hydrogens (tertiary/aromatic N) is 1. The smallest absolute Gasteiger partial charge is 0.410 e. The van der Waals surface area contributed by atoms with Gasteiger partial charge in [0.1, 0.15) is 5.60 Å². The van der Waals surface area contributed by atoms with E-state index in [1.807, 2.05) is 32.7 Å². The maximum atomic E-state index is 12.4. The van der Waals surface area contributed by atoms with Crippen LogP contribution in [0.4, 0.5) is 4.79 Å². The van der Waals surface area contributed by atoms with Crippen molar-refractivity contribution in [1.82, 2.24) is 10.2 Å². The predicted molar refractivity (Wildman–Crippen MR) is 78.3 cm³/mol. The molecule has 0 unspecified atom stereocenters. The van der Waals surface area contributed by atoms with Gasteiger partial charge in [0, 0.05) is 18.1 Å². The number of carbonyl (C=O) groups is 1. The van der Waals surface area contributed by atoms with E-state index in [0.717, 1.165) is 25.7 Å². The molecule has 0 aromatic rings. The topological polar surface area (TPSA) is 41.6 Å². The summed E-state index contributed by atoms with van der Waals surface area (Å²) in [6.07, 6.45) is 3.84. The van der Waals surface area contributed by atoms with Crippen LogP contribution in [-0.2, 0) is 4.74 Å². The molecule has 0 radical (unpaired) electrons. The standard InChI is InChI=1S/C15H30N2O2/c1-7-12-9-11(16-6)10-13(8-2)17(12)14(18)19-15(3,4)5/h11-13,16H,7-10H2,1-6H3/t11-,12-,13+. The number of ether oxygens (including phenoxy) is 1. The van der Waals surface area contributed by atoms with Crippen LogP contribution in [0, 0.1) is 0 Å². The molecule has 19 heavy (non-hydrogen) atoms. The minimum Gasteiger partial charge on any atom is -0.444 e. The van der Waals surface area contributed by atoms with Crippen LogP contribution in [-0.4, -0.2) is 41.8 Å². The lowest BCUT2D eigenvalue weighted by Gasteiger charge is -2.45. The molecule has 0 saturated carbocycles. The van der Waals surface area contributed by atoms with Crippen LogP contribution < -0.4 is 5.32 Å². The van der Waals surface area contributed by atoms with Crippen molar-refractivity contribution in [3.63, 3.8) is 0 Å². The molecule has 4 nitrogen and oxygen atoms in total. The first-order valence-corrected chi connectivity index (χ1v) is 7.50. The summed E-state index contributed by atoms with van der Waals surface area (Å²) in [4.78, 5) is 14.4. The van der Waals surface area contributed by atoms with E-state index in [9.17, 15) is 4.79 Å².